The van der Waals surface area contributed by atoms with E-state index in [0.29, 0.717) is 0 Å². The number of aryl methyl sites for hydroxylation is 3. The highest BCUT2D eigenvalue weighted by Crippen LogP contribution is 2.29. The van der Waals surface area contributed by atoms with E-state index in [2.05, 4.69) is 97.7 Å². The van der Waals surface area contributed by atoms with Crippen LogP contribution in [-0.2, 0) is 12.8 Å². The summed E-state index contributed by atoms with van der Waals surface area (Å²) >= 11 is 1.74. The van der Waals surface area contributed by atoms with Gasteiger partial charge in [0.25, 0.3) is 0 Å². The van der Waals surface area contributed by atoms with Gasteiger partial charge in [0, 0.05) is 37.6 Å². The molecular formula is C26H30N4S. The maximum absolute atomic E-state index is 4.72. The molecule has 4 rings (SSSR count). The summed E-state index contributed by atoms with van der Waals surface area (Å²) in [4.78, 5) is 13.9. The lowest BCUT2D eigenvalue weighted by molar-refractivity contribution is 0.855. The van der Waals surface area contributed by atoms with Crippen molar-refractivity contribution in [2.45, 2.75) is 33.1 Å². The molecule has 2 aromatic heterocycles. The Hall–Kier alpha value is -2.92. The fourth-order valence-corrected chi connectivity index (χ4v) is 4.59. The van der Waals surface area contributed by atoms with Crippen LogP contribution >= 0.6 is 11.3 Å². The largest absolute Gasteiger partial charge is 0.378 e. The Morgan fingerprint density at radius 3 is 2.26 bits per heavy atom. The van der Waals surface area contributed by atoms with Crippen molar-refractivity contribution in [1.82, 2.24) is 9.97 Å². The van der Waals surface area contributed by atoms with Crippen LogP contribution in [-0.4, -0.2) is 30.6 Å². The van der Waals surface area contributed by atoms with E-state index in [4.69, 9.17) is 4.98 Å². The molecule has 0 aliphatic rings. The molecule has 0 radical (unpaired) electrons. The highest BCUT2D eigenvalue weighted by Gasteiger charge is 2.09. The van der Waals surface area contributed by atoms with Gasteiger partial charge in [-0.05, 0) is 54.7 Å². The average molecular weight is 431 g/mol. The van der Waals surface area contributed by atoms with Gasteiger partial charge in [-0.15, -0.1) is 11.3 Å². The SMILES string of the molecule is CCc1nc(NCCCc2ccc(-c3ccc(N(C)C)cc3)cc2)c2cc(C)sc2n1. The van der Waals surface area contributed by atoms with Gasteiger partial charge in [0.05, 0.1) is 5.39 Å². The van der Waals surface area contributed by atoms with Crippen LogP contribution in [0.3, 0.4) is 0 Å². The Morgan fingerprint density at radius 2 is 1.61 bits per heavy atom. The number of rotatable bonds is 8. The minimum absolute atomic E-state index is 0.853. The molecule has 5 heteroatoms. The molecular weight excluding hydrogens is 400 g/mol. The van der Waals surface area contributed by atoms with Gasteiger partial charge in [0.1, 0.15) is 16.5 Å². The molecule has 0 bridgehead atoms. The molecule has 0 atom stereocenters. The molecule has 0 spiro atoms. The Bertz CT molecular complexity index is 1140. The number of thiophene rings is 1. The lowest BCUT2D eigenvalue weighted by atomic mass is 10.0. The van der Waals surface area contributed by atoms with E-state index in [0.717, 1.165) is 47.7 Å². The maximum Gasteiger partial charge on any atom is 0.138 e. The smallest absolute Gasteiger partial charge is 0.138 e. The second kappa shape index (κ2) is 9.48. The predicted octanol–water partition coefficient (Wildman–Crippen LogP) is 6.34. The van der Waals surface area contributed by atoms with E-state index in [9.17, 15) is 0 Å². The van der Waals surface area contributed by atoms with Gasteiger partial charge in [-0.25, -0.2) is 9.97 Å². The zero-order valence-corrected chi connectivity index (χ0v) is 19.6. The summed E-state index contributed by atoms with van der Waals surface area (Å²) in [5.74, 6) is 1.88. The number of aromatic nitrogens is 2. The Labute approximate surface area is 189 Å². The molecule has 2 aromatic carbocycles. The first-order valence-corrected chi connectivity index (χ1v) is 11.7. The number of hydrogen-bond acceptors (Lipinski definition) is 5. The van der Waals surface area contributed by atoms with E-state index in [1.54, 1.807) is 11.3 Å². The molecule has 0 unspecified atom stereocenters. The second-order valence-corrected chi connectivity index (χ2v) is 9.32. The van der Waals surface area contributed by atoms with Crippen molar-refractivity contribution in [3.8, 4) is 11.1 Å². The average Bonchev–Trinajstić information content (AvgIpc) is 3.17. The summed E-state index contributed by atoms with van der Waals surface area (Å²) in [5, 5.41) is 4.69. The molecule has 31 heavy (non-hydrogen) atoms. The number of anilines is 2. The molecule has 4 nitrogen and oxygen atoms in total. The summed E-state index contributed by atoms with van der Waals surface area (Å²) < 4.78 is 0. The summed E-state index contributed by atoms with van der Waals surface area (Å²) in [6.07, 6.45) is 2.96. The number of nitrogens with zero attached hydrogens (tertiary/aromatic N) is 3. The summed E-state index contributed by atoms with van der Waals surface area (Å²) in [6.45, 7) is 5.13. The monoisotopic (exact) mass is 430 g/mol. The Kier molecular flexibility index (Phi) is 6.52. The van der Waals surface area contributed by atoms with Gasteiger partial charge in [0.15, 0.2) is 0 Å². The van der Waals surface area contributed by atoms with E-state index in [1.807, 2.05) is 0 Å². The number of hydrogen-bond donors (Lipinski definition) is 1. The van der Waals surface area contributed by atoms with Gasteiger partial charge in [-0.1, -0.05) is 43.3 Å². The molecule has 4 aromatic rings. The number of nitrogens with one attached hydrogen (secondary N) is 1. The zero-order chi connectivity index (χ0) is 21.8. The quantitative estimate of drug-likeness (QED) is 0.331. The van der Waals surface area contributed by atoms with Crippen molar-refractivity contribution in [1.29, 1.82) is 0 Å². The molecule has 0 saturated carbocycles. The molecule has 0 saturated heterocycles. The van der Waals surface area contributed by atoms with Crippen molar-refractivity contribution in [3.05, 3.63) is 70.9 Å². The Balaban J connectivity index is 1.35. The van der Waals surface area contributed by atoms with Gasteiger partial charge in [-0.2, -0.15) is 0 Å². The number of fused-ring (bicyclic) bond motifs is 1. The van der Waals surface area contributed by atoms with Gasteiger partial charge in [-0.3, -0.25) is 0 Å². The van der Waals surface area contributed by atoms with E-state index < -0.39 is 0 Å². The summed E-state index contributed by atoms with van der Waals surface area (Å²) in [7, 11) is 4.13. The van der Waals surface area contributed by atoms with E-state index in [1.165, 1.54) is 27.3 Å². The standard InChI is InChI=1S/C26H30N4S/c1-5-24-28-25(23-17-18(2)31-26(23)29-24)27-16-6-7-19-8-10-20(11-9-19)21-12-14-22(15-13-21)30(3)4/h8-15,17H,5-7,16H2,1-4H3,(H,27,28,29). The molecule has 0 aliphatic carbocycles. The van der Waals surface area contributed by atoms with Crippen molar-refractivity contribution in [3.63, 3.8) is 0 Å². The third kappa shape index (κ3) is 5.05. The minimum atomic E-state index is 0.853. The van der Waals surface area contributed by atoms with Crippen molar-refractivity contribution >= 4 is 33.1 Å². The summed E-state index contributed by atoms with van der Waals surface area (Å²) in [5.41, 5.74) is 5.10. The maximum atomic E-state index is 4.72. The van der Waals surface area contributed by atoms with Crippen LogP contribution in [0.15, 0.2) is 54.6 Å². The molecule has 2 heterocycles. The summed E-state index contributed by atoms with van der Waals surface area (Å²) in [6, 6.07) is 19.8. The van der Waals surface area contributed by atoms with E-state index in [-0.39, 0.29) is 0 Å². The third-order valence-electron chi connectivity index (χ3n) is 5.48. The Morgan fingerprint density at radius 1 is 0.935 bits per heavy atom. The first kappa shape index (κ1) is 21.3. The van der Waals surface area contributed by atoms with Crippen LogP contribution in [0, 0.1) is 6.92 Å². The highest BCUT2D eigenvalue weighted by atomic mass is 32.1. The van der Waals surface area contributed by atoms with Crippen LogP contribution in [0.1, 0.15) is 29.6 Å². The fourth-order valence-electron chi connectivity index (χ4n) is 3.69. The first-order chi connectivity index (χ1) is 15.0. The van der Waals surface area contributed by atoms with Crippen LogP contribution in [0.5, 0.6) is 0 Å². The predicted molar refractivity (Wildman–Crippen MR) is 135 cm³/mol. The lowest BCUT2D eigenvalue weighted by Crippen LogP contribution is -2.07. The molecule has 1 N–H and O–H groups in total. The molecule has 0 aliphatic heterocycles. The zero-order valence-electron chi connectivity index (χ0n) is 18.8. The third-order valence-corrected chi connectivity index (χ3v) is 6.43. The minimum Gasteiger partial charge on any atom is -0.378 e. The fraction of sp³-hybridized carbons (Fsp3) is 0.308. The van der Waals surface area contributed by atoms with Gasteiger partial charge < -0.3 is 10.2 Å². The lowest BCUT2D eigenvalue weighted by Gasteiger charge is -2.13. The van der Waals surface area contributed by atoms with Crippen LogP contribution in [0.25, 0.3) is 21.3 Å². The van der Waals surface area contributed by atoms with Crippen LogP contribution in [0.4, 0.5) is 11.5 Å². The van der Waals surface area contributed by atoms with Gasteiger partial charge >= 0.3 is 0 Å². The molecule has 0 fully saturated rings. The molecule has 160 valence electrons. The topological polar surface area (TPSA) is 41.1 Å². The first-order valence-electron chi connectivity index (χ1n) is 10.9. The normalized spacial score (nSPS) is 11.1. The van der Waals surface area contributed by atoms with E-state index >= 15 is 0 Å². The highest BCUT2D eigenvalue weighted by molar-refractivity contribution is 7.18. The number of benzene rings is 2. The second-order valence-electron chi connectivity index (χ2n) is 8.09. The van der Waals surface area contributed by atoms with Crippen molar-refractivity contribution in [2.24, 2.45) is 0 Å². The van der Waals surface area contributed by atoms with Gasteiger partial charge in [0.2, 0.25) is 0 Å². The molecule has 0 amide bonds. The van der Waals surface area contributed by atoms with Crippen LogP contribution in [0.2, 0.25) is 0 Å². The van der Waals surface area contributed by atoms with Crippen LogP contribution < -0.4 is 10.2 Å². The van der Waals surface area contributed by atoms with Crippen molar-refractivity contribution < 1.29 is 0 Å². The van der Waals surface area contributed by atoms with Crippen molar-refractivity contribution in [2.75, 3.05) is 30.9 Å².